The summed E-state index contributed by atoms with van der Waals surface area (Å²) in [7, 11) is 2.14. The van der Waals surface area contributed by atoms with Crippen LogP contribution < -0.4 is 26.6 Å². The quantitative estimate of drug-likeness (QED) is 0.270. The lowest BCUT2D eigenvalue weighted by molar-refractivity contribution is -0.00251. The molecular weight excluding hydrogens is 521 g/mol. The van der Waals surface area contributed by atoms with E-state index in [-0.39, 0.29) is 20.6 Å². The predicted molar refractivity (Wildman–Crippen MR) is 166 cm³/mol. The molecule has 1 saturated heterocycles. The minimum Gasteiger partial charge on any atom is -0.364 e. The van der Waals surface area contributed by atoms with Crippen molar-refractivity contribution >= 4 is 11.6 Å². The summed E-state index contributed by atoms with van der Waals surface area (Å²) in [6.07, 6.45) is 6.50. The Hall–Kier alpha value is -3.02. The van der Waals surface area contributed by atoms with Gasteiger partial charge in [-0.15, -0.1) is 5.53 Å². The first kappa shape index (κ1) is 30.9. The molecule has 0 unspecified atom stereocenters. The maximum atomic E-state index is 13.2. The Balaban J connectivity index is 0.00000158. The number of amides is 1. The Kier molecular flexibility index (Phi) is 11.9. The molecule has 2 aromatic carbocycles. The van der Waals surface area contributed by atoms with Gasteiger partial charge in [0.2, 0.25) is 0 Å². The van der Waals surface area contributed by atoms with E-state index in [4.69, 9.17) is 4.74 Å². The molecule has 2 fully saturated rings. The summed E-state index contributed by atoms with van der Waals surface area (Å²) in [4.78, 5) is 17.7. The number of likely N-dealkylation sites (N-methyl/N-ethyl adjacent to an activating group) is 1. The maximum absolute atomic E-state index is 13.2. The molecule has 0 radical (unpaired) electrons. The van der Waals surface area contributed by atoms with Crippen LogP contribution in [0.5, 0.6) is 0 Å². The molecule has 4 N–H and O–H groups in total. The lowest BCUT2D eigenvalue weighted by Crippen LogP contribution is -2.46. The molecule has 2 heterocycles. The van der Waals surface area contributed by atoms with Gasteiger partial charge in [0.15, 0.2) is 0 Å². The molecule has 2 aliphatic heterocycles. The fourth-order valence-electron chi connectivity index (χ4n) is 5.08. The second kappa shape index (κ2) is 15.8. The number of hydrazine groups is 2. The fourth-order valence-corrected chi connectivity index (χ4v) is 5.08. The van der Waals surface area contributed by atoms with E-state index in [9.17, 15) is 9.18 Å². The van der Waals surface area contributed by atoms with E-state index in [0.717, 1.165) is 57.7 Å². The highest BCUT2D eigenvalue weighted by molar-refractivity contribution is 5.94. The Morgan fingerprint density at radius 2 is 1.83 bits per heavy atom. The zero-order valence-electron chi connectivity index (χ0n) is 24.6. The first-order chi connectivity index (χ1) is 20.0. The normalized spacial score (nSPS) is 21.1. The molecule has 10 heteroatoms. The van der Waals surface area contributed by atoms with Crippen molar-refractivity contribution in [1.82, 2.24) is 31.4 Å². The SMILES string of the molecule is CC.CN1CCN(COC[C@H](CCCN[C@@H]2C[C@H]2c2ccc(F)cc2)NC(=O)c2ccc(N3C=CNN3)cc2)CC1.[HH].[HH]. The highest BCUT2D eigenvalue weighted by Crippen LogP contribution is 2.40. The van der Waals surface area contributed by atoms with Crippen molar-refractivity contribution < 1.29 is 16.8 Å². The topological polar surface area (TPSA) is 84.1 Å². The number of benzene rings is 2. The van der Waals surface area contributed by atoms with Gasteiger partial charge in [-0.05, 0) is 74.8 Å². The van der Waals surface area contributed by atoms with Crippen molar-refractivity contribution in [3.05, 3.63) is 77.9 Å². The summed E-state index contributed by atoms with van der Waals surface area (Å²) in [5.74, 6) is 0.170. The molecule has 0 aromatic heterocycles. The molecule has 0 bridgehead atoms. The van der Waals surface area contributed by atoms with Gasteiger partial charge in [0, 0.05) is 59.0 Å². The first-order valence-corrected chi connectivity index (χ1v) is 14.9. The van der Waals surface area contributed by atoms with Gasteiger partial charge in [-0.1, -0.05) is 26.0 Å². The Morgan fingerprint density at radius 3 is 2.51 bits per heavy atom. The van der Waals surface area contributed by atoms with Gasteiger partial charge in [-0.2, -0.15) is 0 Å². The number of rotatable bonds is 13. The average Bonchev–Trinajstić information content (AvgIpc) is 3.56. The van der Waals surface area contributed by atoms with E-state index in [0.29, 0.717) is 30.9 Å². The van der Waals surface area contributed by atoms with Crippen LogP contribution in [0.3, 0.4) is 0 Å². The van der Waals surface area contributed by atoms with Gasteiger partial charge in [-0.25, -0.2) is 4.39 Å². The third-order valence-corrected chi connectivity index (χ3v) is 7.65. The predicted octanol–water partition coefficient (Wildman–Crippen LogP) is 3.89. The number of piperazine rings is 1. The fraction of sp³-hybridized carbons (Fsp3) is 0.516. The number of halogens is 1. The van der Waals surface area contributed by atoms with Crippen LogP contribution in [0, 0.1) is 5.82 Å². The molecular formula is C31H50FN7O2. The third kappa shape index (κ3) is 9.51. The van der Waals surface area contributed by atoms with Gasteiger partial charge in [0.05, 0.1) is 25.1 Å². The zero-order chi connectivity index (χ0) is 29.0. The number of nitrogens with zero attached hydrogens (tertiary/aromatic N) is 3. The largest absolute Gasteiger partial charge is 0.364 e. The summed E-state index contributed by atoms with van der Waals surface area (Å²) >= 11 is 0. The van der Waals surface area contributed by atoms with Crippen LogP contribution in [0.2, 0.25) is 0 Å². The Bertz CT molecular complexity index is 1100. The number of nitrogens with one attached hydrogen (secondary N) is 4. The van der Waals surface area contributed by atoms with Gasteiger partial charge in [0.1, 0.15) is 5.82 Å². The molecule has 2 aromatic rings. The summed E-state index contributed by atoms with van der Waals surface area (Å²) in [6.45, 7) is 10.0. The van der Waals surface area contributed by atoms with Crippen LogP contribution in [0.15, 0.2) is 60.9 Å². The number of ether oxygens (including phenoxy) is 1. The smallest absolute Gasteiger partial charge is 0.251 e. The Morgan fingerprint density at radius 1 is 1.10 bits per heavy atom. The van der Waals surface area contributed by atoms with E-state index in [2.05, 4.69) is 38.4 Å². The van der Waals surface area contributed by atoms with Crippen LogP contribution in [-0.2, 0) is 4.74 Å². The minimum absolute atomic E-state index is 0. The third-order valence-electron chi connectivity index (χ3n) is 7.65. The Labute approximate surface area is 247 Å². The molecule has 9 nitrogen and oxygen atoms in total. The van der Waals surface area contributed by atoms with Gasteiger partial charge in [-0.3, -0.25) is 14.7 Å². The molecule has 1 amide bonds. The monoisotopic (exact) mass is 571 g/mol. The van der Waals surface area contributed by atoms with Gasteiger partial charge >= 0.3 is 0 Å². The summed E-state index contributed by atoms with van der Waals surface area (Å²) in [6, 6.07) is 14.7. The van der Waals surface area contributed by atoms with Crippen molar-refractivity contribution in [3.8, 4) is 0 Å². The zero-order valence-corrected chi connectivity index (χ0v) is 24.6. The molecule has 5 rings (SSSR count). The summed E-state index contributed by atoms with van der Waals surface area (Å²) in [5.41, 5.74) is 8.64. The standard InChI is InChI=1S/C29H40FN7O2.C2H6.2H2/c1-35-15-17-36(18-16-35)21-39-20-25(3-2-12-31-28-19-27(28)22-4-8-24(30)9-5-22)33-29(38)23-6-10-26(11-7-23)37-14-13-32-34-37;1-2;;/h4-11,13-14,25,27-28,31-32,34H,2-3,12,15-21H2,1H3,(H,33,38);1-2H3;2*1H/t25-,27-,28+;;;/m0.../s1. The lowest BCUT2D eigenvalue weighted by atomic mass is 10.1. The lowest BCUT2D eigenvalue weighted by Gasteiger charge is -2.32. The molecule has 41 heavy (non-hydrogen) atoms. The van der Waals surface area contributed by atoms with E-state index in [1.807, 2.05) is 61.5 Å². The van der Waals surface area contributed by atoms with Crippen LogP contribution >= 0.6 is 0 Å². The van der Waals surface area contributed by atoms with E-state index >= 15 is 0 Å². The number of hydrogen-bond acceptors (Lipinski definition) is 8. The van der Waals surface area contributed by atoms with Gasteiger partial charge < -0.3 is 25.7 Å². The molecule has 0 spiro atoms. The molecule has 3 atom stereocenters. The van der Waals surface area contributed by atoms with Crippen molar-refractivity contribution in [2.75, 3.05) is 58.1 Å². The minimum atomic E-state index is -0.194. The van der Waals surface area contributed by atoms with E-state index in [1.165, 1.54) is 17.7 Å². The number of hydrogen-bond donors (Lipinski definition) is 4. The molecule has 1 saturated carbocycles. The maximum Gasteiger partial charge on any atom is 0.251 e. The van der Waals surface area contributed by atoms with Crippen molar-refractivity contribution in [3.63, 3.8) is 0 Å². The van der Waals surface area contributed by atoms with Crippen molar-refractivity contribution in [2.24, 2.45) is 0 Å². The highest BCUT2D eigenvalue weighted by Gasteiger charge is 2.37. The van der Waals surface area contributed by atoms with E-state index in [1.54, 1.807) is 6.20 Å². The molecule has 3 aliphatic rings. The van der Waals surface area contributed by atoms with Crippen LogP contribution in [-0.4, -0.2) is 80.9 Å². The molecule has 228 valence electrons. The summed E-state index contributed by atoms with van der Waals surface area (Å²) < 4.78 is 19.3. The number of anilines is 1. The highest BCUT2D eigenvalue weighted by atomic mass is 19.1. The molecule has 1 aliphatic carbocycles. The number of carbonyl (C=O) groups is 1. The summed E-state index contributed by atoms with van der Waals surface area (Å²) in [5, 5.41) is 8.66. The van der Waals surface area contributed by atoms with Gasteiger partial charge in [0.25, 0.3) is 5.91 Å². The second-order valence-corrected chi connectivity index (χ2v) is 10.7. The van der Waals surface area contributed by atoms with Crippen LogP contribution in [0.25, 0.3) is 0 Å². The average molecular weight is 572 g/mol. The van der Waals surface area contributed by atoms with Crippen molar-refractivity contribution in [2.45, 2.75) is 51.1 Å². The van der Waals surface area contributed by atoms with Crippen LogP contribution in [0.4, 0.5) is 10.1 Å². The second-order valence-electron chi connectivity index (χ2n) is 10.7. The van der Waals surface area contributed by atoms with E-state index < -0.39 is 0 Å². The number of carbonyl (C=O) groups excluding carboxylic acids is 1. The van der Waals surface area contributed by atoms with Crippen molar-refractivity contribution in [1.29, 1.82) is 0 Å². The van der Waals surface area contributed by atoms with Crippen LogP contribution in [0.1, 0.15) is 57.8 Å². The first-order valence-electron chi connectivity index (χ1n) is 14.9.